The third-order valence-electron chi connectivity index (χ3n) is 4.42. The summed E-state index contributed by atoms with van der Waals surface area (Å²) in [6.07, 6.45) is 10.2. The van der Waals surface area contributed by atoms with Gasteiger partial charge in [-0.3, -0.25) is 4.98 Å². The molecule has 3 heterocycles. The second-order valence-electron chi connectivity index (χ2n) is 6.10. The highest BCUT2D eigenvalue weighted by atomic mass is 35.5. The number of anilines is 1. The topological polar surface area (TPSA) is 50.7 Å². The lowest BCUT2D eigenvalue weighted by molar-refractivity contribution is 0.606. The molecule has 134 valence electrons. The largest absolute Gasteiger partial charge is 0.365 e. The van der Waals surface area contributed by atoms with Gasteiger partial charge in [0.15, 0.2) is 0 Å². The van der Waals surface area contributed by atoms with E-state index in [1.165, 1.54) is 6.20 Å². The number of nitrogens with zero attached hydrogens (tertiary/aromatic N) is 3. The van der Waals surface area contributed by atoms with Crippen LogP contribution in [-0.4, -0.2) is 15.0 Å². The van der Waals surface area contributed by atoms with E-state index in [1.54, 1.807) is 23.6 Å². The van der Waals surface area contributed by atoms with E-state index in [9.17, 15) is 4.39 Å². The van der Waals surface area contributed by atoms with Gasteiger partial charge in [0.1, 0.15) is 17.2 Å². The van der Waals surface area contributed by atoms with E-state index in [2.05, 4.69) is 32.4 Å². The van der Waals surface area contributed by atoms with Crippen molar-refractivity contribution in [2.24, 2.45) is 0 Å². The molecule has 0 spiro atoms. The quantitative estimate of drug-likeness (QED) is 0.426. The zero-order chi connectivity index (χ0) is 18.1. The summed E-state index contributed by atoms with van der Waals surface area (Å²) in [6.45, 7) is 0.272. The molecule has 0 amide bonds. The Bertz CT molecular complexity index is 989. The predicted molar refractivity (Wildman–Crippen MR) is 105 cm³/mol. The Labute approximate surface area is 164 Å². The molecular weight excluding hydrogens is 394 g/mol. The summed E-state index contributed by atoms with van der Waals surface area (Å²) in [4.78, 5) is 13.5. The number of thiophene rings is 1. The van der Waals surface area contributed by atoms with Gasteiger partial charge in [-0.2, -0.15) is 4.98 Å². The van der Waals surface area contributed by atoms with E-state index in [1.807, 2.05) is 0 Å². The maximum Gasteiger partial charge on any atom is 0.225 e. The summed E-state index contributed by atoms with van der Waals surface area (Å²) in [5, 5.41) is 3.93. The van der Waals surface area contributed by atoms with Gasteiger partial charge in [-0.15, -0.1) is 11.3 Å². The molecule has 4 nitrogen and oxygen atoms in total. The number of hydrogen-bond donors (Lipinski definition) is 1. The van der Waals surface area contributed by atoms with Gasteiger partial charge in [0, 0.05) is 23.2 Å². The summed E-state index contributed by atoms with van der Waals surface area (Å²) in [5.41, 5.74) is 1.15. The summed E-state index contributed by atoms with van der Waals surface area (Å²) < 4.78 is 14.7. The summed E-state index contributed by atoms with van der Waals surface area (Å²) in [7, 11) is 0. The van der Waals surface area contributed by atoms with Crippen molar-refractivity contribution < 1.29 is 4.39 Å². The summed E-state index contributed by atoms with van der Waals surface area (Å²) in [5.74, 6) is 0.590. The van der Waals surface area contributed by atoms with Gasteiger partial charge in [-0.05, 0) is 42.8 Å². The molecule has 0 aromatic carbocycles. The molecule has 0 saturated carbocycles. The number of rotatable bonds is 4. The lowest BCUT2D eigenvalue weighted by atomic mass is 9.93. The third kappa shape index (κ3) is 3.41. The van der Waals surface area contributed by atoms with Crippen LogP contribution >= 0.6 is 34.5 Å². The van der Waals surface area contributed by atoms with E-state index in [0.717, 1.165) is 28.8 Å². The second-order valence-corrected chi connectivity index (χ2v) is 7.87. The van der Waals surface area contributed by atoms with Crippen molar-refractivity contribution in [1.29, 1.82) is 0 Å². The molecule has 0 aliphatic heterocycles. The van der Waals surface area contributed by atoms with Crippen molar-refractivity contribution >= 4 is 50.6 Å². The average molecular weight is 409 g/mol. The molecule has 0 saturated heterocycles. The van der Waals surface area contributed by atoms with Gasteiger partial charge >= 0.3 is 0 Å². The van der Waals surface area contributed by atoms with Crippen LogP contribution in [0.2, 0.25) is 10.3 Å². The van der Waals surface area contributed by atoms with E-state index in [-0.39, 0.29) is 17.6 Å². The number of allylic oxidation sites excluding steroid dienone is 2. The maximum absolute atomic E-state index is 13.8. The first-order valence-corrected chi connectivity index (χ1v) is 9.83. The highest BCUT2D eigenvalue weighted by Crippen LogP contribution is 2.45. The molecule has 26 heavy (non-hydrogen) atoms. The zero-order valence-electron chi connectivity index (χ0n) is 13.7. The lowest BCUT2D eigenvalue weighted by Gasteiger charge is -2.16. The standard InChI is InChI=1S/C18H15Cl2FN4S/c19-13-14-16(26-15(13)10-4-2-1-3-5-10)17(25-18(20)24-14)23-8-11-6-7-22-9-12(11)21/h1-2,6-7,9-10H,3-5,8H2,(H,23,24,25). The van der Waals surface area contributed by atoms with Gasteiger partial charge in [0.25, 0.3) is 0 Å². The molecule has 0 bridgehead atoms. The minimum Gasteiger partial charge on any atom is -0.365 e. The Morgan fingerprint density at radius 2 is 2.15 bits per heavy atom. The van der Waals surface area contributed by atoms with Crippen molar-refractivity contribution in [3.05, 3.63) is 57.2 Å². The van der Waals surface area contributed by atoms with Crippen LogP contribution in [0.1, 0.15) is 35.6 Å². The van der Waals surface area contributed by atoms with Crippen molar-refractivity contribution in [2.45, 2.75) is 31.7 Å². The first kappa shape index (κ1) is 17.6. The second kappa shape index (κ2) is 7.47. The zero-order valence-corrected chi connectivity index (χ0v) is 16.0. The molecule has 4 rings (SSSR count). The highest BCUT2D eigenvalue weighted by molar-refractivity contribution is 7.20. The Balaban J connectivity index is 1.70. The number of pyridine rings is 1. The fourth-order valence-electron chi connectivity index (χ4n) is 3.08. The Kier molecular flexibility index (Phi) is 5.07. The first-order chi connectivity index (χ1) is 12.6. The van der Waals surface area contributed by atoms with Crippen LogP contribution in [0.5, 0.6) is 0 Å². The van der Waals surface area contributed by atoms with Crippen LogP contribution in [0.4, 0.5) is 10.2 Å². The van der Waals surface area contributed by atoms with Crippen molar-refractivity contribution in [3.63, 3.8) is 0 Å². The van der Waals surface area contributed by atoms with Crippen LogP contribution in [-0.2, 0) is 6.54 Å². The Morgan fingerprint density at radius 3 is 2.92 bits per heavy atom. The van der Waals surface area contributed by atoms with Crippen molar-refractivity contribution in [2.75, 3.05) is 5.32 Å². The summed E-state index contributed by atoms with van der Waals surface area (Å²) in [6, 6.07) is 1.63. The van der Waals surface area contributed by atoms with E-state index in [4.69, 9.17) is 23.2 Å². The van der Waals surface area contributed by atoms with Crippen LogP contribution < -0.4 is 5.32 Å². The fourth-order valence-corrected chi connectivity index (χ4v) is 4.96. The number of hydrogen-bond acceptors (Lipinski definition) is 5. The van der Waals surface area contributed by atoms with E-state index in [0.29, 0.717) is 27.8 Å². The Morgan fingerprint density at radius 1 is 1.27 bits per heavy atom. The normalized spacial score (nSPS) is 17.0. The molecule has 0 fully saturated rings. The van der Waals surface area contributed by atoms with Crippen LogP contribution in [0, 0.1) is 5.82 Å². The third-order valence-corrected chi connectivity index (χ3v) is 6.43. The SMILES string of the molecule is Fc1cnccc1CNc1nc(Cl)nc2c(Cl)c(C3CC=CCC3)sc12. The van der Waals surface area contributed by atoms with Gasteiger partial charge in [0.05, 0.1) is 15.9 Å². The molecule has 1 unspecified atom stereocenters. The average Bonchev–Trinajstić information content (AvgIpc) is 2.98. The van der Waals surface area contributed by atoms with E-state index >= 15 is 0 Å². The molecule has 0 radical (unpaired) electrons. The molecule has 8 heteroatoms. The predicted octanol–water partition coefficient (Wildman–Crippen LogP) is 5.97. The van der Waals surface area contributed by atoms with Crippen LogP contribution in [0.15, 0.2) is 30.6 Å². The van der Waals surface area contributed by atoms with Crippen molar-refractivity contribution in [1.82, 2.24) is 15.0 Å². The van der Waals surface area contributed by atoms with Gasteiger partial charge in [0.2, 0.25) is 5.28 Å². The van der Waals surface area contributed by atoms with Gasteiger partial charge < -0.3 is 5.32 Å². The molecular formula is C18H15Cl2FN4S. The van der Waals surface area contributed by atoms with Gasteiger partial charge in [-0.1, -0.05) is 23.8 Å². The number of fused-ring (bicyclic) bond motifs is 1. The number of halogens is 3. The molecule has 1 aliphatic rings. The maximum atomic E-state index is 13.8. The minimum absolute atomic E-state index is 0.116. The van der Waals surface area contributed by atoms with Crippen LogP contribution in [0.25, 0.3) is 10.2 Å². The number of nitrogens with one attached hydrogen (secondary N) is 1. The van der Waals surface area contributed by atoms with Crippen LogP contribution in [0.3, 0.4) is 0 Å². The first-order valence-electron chi connectivity index (χ1n) is 8.26. The lowest BCUT2D eigenvalue weighted by Crippen LogP contribution is -2.04. The monoisotopic (exact) mass is 408 g/mol. The fraction of sp³-hybridized carbons (Fsp3) is 0.278. The Hall–Kier alpha value is -1.76. The van der Waals surface area contributed by atoms with Crippen molar-refractivity contribution in [3.8, 4) is 0 Å². The smallest absolute Gasteiger partial charge is 0.225 e. The molecule has 1 aliphatic carbocycles. The molecule has 1 N–H and O–H groups in total. The molecule has 3 aromatic heterocycles. The highest BCUT2D eigenvalue weighted by Gasteiger charge is 2.23. The minimum atomic E-state index is -0.365. The molecule has 3 aromatic rings. The number of aromatic nitrogens is 3. The summed E-state index contributed by atoms with van der Waals surface area (Å²) >= 11 is 14.3. The van der Waals surface area contributed by atoms with E-state index < -0.39 is 0 Å². The molecule has 1 atom stereocenters. The van der Waals surface area contributed by atoms with Gasteiger partial charge in [-0.25, -0.2) is 9.37 Å².